The first-order valence-electron chi connectivity index (χ1n) is 9.73. The minimum absolute atomic E-state index is 0.0650. The first-order chi connectivity index (χ1) is 12.7. The topological polar surface area (TPSA) is 94.2 Å². The van der Waals surface area contributed by atoms with Crippen molar-refractivity contribution < 1.29 is 19.1 Å². The molecule has 0 aromatic carbocycles. The summed E-state index contributed by atoms with van der Waals surface area (Å²) >= 11 is 1.53. The lowest BCUT2D eigenvalue weighted by Crippen LogP contribution is -2.38. The van der Waals surface area contributed by atoms with Crippen molar-refractivity contribution in [3.63, 3.8) is 0 Å². The second-order valence-electron chi connectivity index (χ2n) is 10.1. The van der Waals surface area contributed by atoms with Crippen LogP contribution in [0, 0.1) is 30.1 Å². The molecule has 1 heterocycles. The van der Waals surface area contributed by atoms with Crippen LogP contribution in [0.4, 0.5) is 0 Å². The van der Waals surface area contributed by atoms with Crippen molar-refractivity contribution in [3.8, 4) is 0 Å². The number of hydrogen-bond donors (Lipinski definition) is 1. The lowest BCUT2D eigenvalue weighted by Gasteiger charge is -2.31. The number of nitrogens with one attached hydrogen (secondary N) is 1. The number of esters is 2. The van der Waals surface area contributed by atoms with Crippen molar-refractivity contribution in [2.45, 2.75) is 83.4 Å². The molecule has 0 bridgehead atoms. The zero-order valence-electron chi connectivity index (χ0n) is 18.0. The molecule has 2 aliphatic rings. The van der Waals surface area contributed by atoms with Gasteiger partial charge in [-0.1, -0.05) is 11.8 Å². The molecule has 3 rings (SSSR count). The molecule has 1 N–H and O–H groups in total. The Morgan fingerprint density at radius 1 is 1.14 bits per heavy atom. The van der Waals surface area contributed by atoms with Crippen LogP contribution >= 0.6 is 11.8 Å². The van der Waals surface area contributed by atoms with E-state index in [1.807, 2.05) is 55.4 Å². The molecule has 5 atom stereocenters. The molecule has 7 nitrogen and oxygen atoms in total. The van der Waals surface area contributed by atoms with Crippen LogP contribution in [0.2, 0.25) is 0 Å². The maximum Gasteiger partial charge on any atom is 0.312 e. The molecular weight excluding hydrogens is 378 g/mol. The summed E-state index contributed by atoms with van der Waals surface area (Å²) in [6, 6.07) is 0. The van der Waals surface area contributed by atoms with Crippen LogP contribution in [-0.4, -0.2) is 43.6 Å². The SMILES string of the molecule is Cc1nc(SC2CC(C)(C(=O)OC(C)(C)C)C3C(C(=O)OC(C)(C)C)C23)n[nH]1. The van der Waals surface area contributed by atoms with Gasteiger partial charge in [-0.25, -0.2) is 4.98 Å². The maximum absolute atomic E-state index is 13.1. The van der Waals surface area contributed by atoms with Gasteiger partial charge in [0.05, 0.1) is 11.3 Å². The smallest absolute Gasteiger partial charge is 0.312 e. The zero-order valence-corrected chi connectivity index (χ0v) is 18.8. The predicted molar refractivity (Wildman–Crippen MR) is 106 cm³/mol. The van der Waals surface area contributed by atoms with Crippen molar-refractivity contribution in [2.75, 3.05) is 0 Å². The highest BCUT2D eigenvalue weighted by atomic mass is 32.2. The Labute approximate surface area is 170 Å². The Balaban J connectivity index is 1.83. The number of aromatic nitrogens is 3. The first-order valence-corrected chi connectivity index (χ1v) is 10.6. The van der Waals surface area contributed by atoms with Gasteiger partial charge in [0.15, 0.2) is 0 Å². The first kappa shape index (κ1) is 21.1. The summed E-state index contributed by atoms with van der Waals surface area (Å²) in [7, 11) is 0. The van der Waals surface area contributed by atoms with Crippen LogP contribution in [0.5, 0.6) is 0 Å². The number of aromatic amines is 1. The highest BCUT2D eigenvalue weighted by Gasteiger charge is 2.74. The Hall–Kier alpha value is -1.57. The van der Waals surface area contributed by atoms with Gasteiger partial charge in [0.1, 0.15) is 17.0 Å². The third kappa shape index (κ3) is 4.21. The molecule has 1 aromatic heterocycles. The van der Waals surface area contributed by atoms with E-state index in [9.17, 15) is 9.59 Å². The predicted octanol–water partition coefficient (Wildman–Crippen LogP) is 3.53. The van der Waals surface area contributed by atoms with Crippen molar-refractivity contribution in [2.24, 2.45) is 23.2 Å². The third-order valence-electron chi connectivity index (χ3n) is 5.24. The van der Waals surface area contributed by atoms with Gasteiger partial charge < -0.3 is 9.47 Å². The molecule has 0 spiro atoms. The van der Waals surface area contributed by atoms with Crippen LogP contribution in [0.25, 0.3) is 0 Å². The molecule has 156 valence electrons. The van der Waals surface area contributed by atoms with Gasteiger partial charge >= 0.3 is 11.9 Å². The van der Waals surface area contributed by atoms with Crippen molar-refractivity contribution >= 4 is 23.7 Å². The number of fused-ring (bicyclic) bond motifs is 1. The highest BCUT2D eigenvalue weighted by molar-refractivity contribution is 7.99. The van der Waals surface area contributed by atoms with Gasteiger partial charge in [-0.05, 0) is 73.6 Å². The number of rotatable bonds is 4. The summed E-state index contributed by atoms with van der Waals surface area (Å²) in [6.07, 6.45) is 0.634. The highest BCUT2D eigenvalue weighted by Crippen LogP contribution is 2.70. The molecule has 2 fully saturated rings. The molecular formula is C20H31N3O4S. The van der Waals surface area contributed by atoms with Gasteiger partial charge in [-0.3, -0.25) is 14.7 Å². The fraction of sp³-hybridized carbons (Fsp3) is 0.800. The molecule has 0 aliphatic heterocycles. The van der Waals surface area contributed by atoms with Crippen LogP contribution in [0.15, 0.2) is 5.16 Å². The van der Waals surface area contributed by atoms with E-state index >= 15 is 0 Å². The molecule has 2 saturated carbocycles. The maximum atomic E-state index is 13.1. The van der Waals surface area contributed by atoms with E-state index in [1.54, 1.807) is 0 Å². The number of nitrogens with zero attached hydrogens (tertiary/aromatic N) is 2. The fourth-order valence-corrected chi connectivity index (χ4v) is 5.71. The van der Waals surface area contributed by atoms with Crippen molar-refractivity contribution in [1.82, 2.24) is 15.2 Å². The number of carbonyl (C=O) groups excluding carboxylic acids is 2. The average molecular weight is 410 g/mol. The Kier molecular flexibility index (Phi) is 5.10. The standard InChI is InChI=1S/C20H31N3O4S/c1-10-21-17(23-22-10)28-11-9-20(8,16(25)27-19(5,6)7)14-12(11)13(14)15(24)26-18(2,3)4/h11-14H,9H2,1-8H3,(H,21,22,23). The van der Waals surface area contributed by atoms with E-state index in [-0.39, 0.29) is 34.9 Å². The Morgan fingerprint density at radius 3 is 2.25 bits per heavy atom. The van der Waals surface area contributed by atoms with E-state index in [2.05, 4.69) is 15.2 Å². The van der Waals surface area contributed by atoms with E-state index in [1.165, 1.54) is 11.8 Å². The zero-order chi connectivity index (χ0) is 21.1. The van der Waals surface area contributed by atoms with E-state index < -0.39 is 16.6 Å². The van der Waals surface area contributed by atoms with Gasteiger partial charge in [0, 0.05) is 5.25 Å². The van der Waals surface area contributed by atoms with E-state index in [0.717, 1.165) is 5.82 Å². The summed E-state index contributed by atoms with van der Waals surface area (Å²) in [5, 5.41) is 7.76. The van der Waals surface area contributed by atoms with Crippen LogP contribution in [0.1, 0.15) is 60.7 Å². The molecule has 28 heavy (non-hydrogen) atoms. The van der Waals surface area contributed by atoms with Crippen molar-refractivity contribution in [1.29, 1.82) is 0 Å². The van der Waals surface area contributed by atoms with E-state index in [4.69, 9.17) is 9.47 Å². The molecule has 0 radical (unpaired) electrons. The summed E-state index contributed by atoms with van der Waals surface area (Å²) in [6.45, 7) is 14.9. The number of carbonyl (C=O) groups is 2. The molecule has 5 unspecified atom stereocenters. The summed E-state index contributed by atoms with van der Waals surface area (Å²) in [4.78, 5) is 30.2. The molecule has 8 heteroatoms. The minimum atomic E-state index is -0.720. The summed E-state index contributed by atoms with van der Waals surface area (Å²) < 4.78 is 11.4. The minimum Gasteiger partial charge on any atom is -0.460 e. The normalized spacial score (nSPS) is 32.0. The number of aryl methyl sites for hydroxylation is 1. The summed E-state index contributed by atoms with van der Waals surface area (Å²) in [5.74, 6) is -0.0236. The van der Waals surface area contributed by atoms with Crippen LogP contribution < -0.4 is 0 Å². The largest absolute Gasteiger partial charge is 0.460 e. The molecule has 1 aromatic rings. The monoisotopic (exact) mass is 409 g/mol. The third-order valence-corrected chi connectivity index (χ3v) is 6.42. The number of thioether (sulfide) groups is 1. The second kappa shape index (κ2) is 6.75. The number of H-pyrrole nitrogens is 1. The molecule has 0 saturated heterocycles. The summed E-state index contributed by atoms with van der Waals surface area (Å²) in [5.41, 5.74) is -1.85. The van der Waals surface area contributed by atoms with Gasteiger partial charge in [-0.15, -0.1) is 5.10 Å². The average Bonchev–Trinajstić information content (AvgIpc) is 3.03. The van der Waals surface area contributed by atoms with Crippen LogP contribution in [-0.2, 0) is 19.1 Å². The van der Waals surface area contributed by atoms with Crippen molar-refractivity contribution in [3.05, 3.63) is 5.82 Å². The van der Waals surface area contributed by atoms with Crippen LogP contribution in [0.3, 0.4) is 0 Å². The second-order valence-corrected chi connectivity index (χ2v) is 11.4. The lowest BCUT2D eigenvalue weighted by molar-refractivity contribution is -0.169. The van der Waals surface area contributed by atoms with E-state index in [0.29, 0.717) is 11.6 Å². The van der Waals surface area contributed by atoms with Gasteiger partial charge in [-0.2, -0.15) is 0 Å². The lowest BCUT2D eigenvalue weighted by atomic mass is 9.82. The Bertz CT molecular complexity index is 779. The van der Waals surface area contributed by atoms with Gasteiger partial charge in [0.2, 0.25) is 5.16 Å². The Morgan fingerprint density at radius 2 is 1.75 bits per heavy atom. The number of ether oxygens (including phenoxy) is 2. The fourth-order valence-electron chi connectivity index (χ4n) is 4.23. The van der Waals surface area contributed by atoms with Gasteiger partial charge in [0.25, 0.3) is 0 Å². The molecule has 2 aliphatic carbocycles. The molecule has 0 amide bonds. The number of hydrogen-bond acceptors (Lipinski definition) is 7. The quantitative estimate of drug-likeness (QED) is 0.760.